The lowest BCUT2D eigenvalue weighted by Gasteiger charge is -2.09. The molecule has 1 fully saturated rings. The van der Waals surface area contributed by atoms with Gasteiger partial charge in [0.05, 0.1) is 12.3 Å². The minimum atomic E-state index is -0.318. The van der Waals surface area contributed by atoms with Crippen LogP contribution in [0.1, 0.15) is 32.1 Å². The van der Waals surface area contributed by atoms with Crippen molar-refractivity contribution in [1.82, 2.24) is 9.55 Å². The smallest absolute Gasteiger partial charge is 0.228 e. The summed E-state index contributed by atoms with van der Waals surface area (Å²) >= 11 is 0. The lowest BCUT2D eigenvalue weighted by atomic mass is 10.00. The topological polar surface area (TPSA) is 70.7 Å². The van der Waals surface area contributed by atoms with Gasteiger partial charge >= 0.3 is 0 Å². The Kier molecular flexibility index (Phi) is 4.90. The van der Waals surface area contributed by atoms with Crippen molar-refractivity contribution in [2.24, 2.45) is 11.8 Å². The molecule has 0 radical (unpaired) electrons. The van der Waals surface area contributed by atoms with Gasteiger partial charge in [-0.3, -0.25) is 4.79 Å². The molecular weight excluding hydrogens is 307 g/mol. The number of nitrogens with one attached hydrogen (secondary N) is 1. The van der Waals surface area contributed by atoms with Gasteiger partial charge in [0.25, 0.3) is 0 Å². The van der Waals surface area contributed by atoms with Crippen LogP contribution >= 0.6 is 0 Å². The number of amides is 1. The molecule has 1 N–H and O–H groups in total. The van der Waals surface area contributed by atoms with Crippen LogP contribution in [0.25, 0.3) is 5.69 Å². The van der Waals surface area contributed by atoms with Crippen LogP contribution in [-0.2, 0) is 4.79 Å². The van der Waals surface area contributed by atoms with Crippen molar-refractivity contribution in [2.75, 3.05) is 5.32 Å². The molecule has 0 aliphatic heterocycles. The maximum Gasteiger partial charge on any atom is 0.228 e. The molecule has 2 aromatic rings. The minimum Gasteiger partial charge on any atom is -0.309 e. The number of rotatable bonds is 5. The summed E-state index contributed by atoms with van der Waals surface area (Å²) in [6.45, 7) is 0. The normalized spacial score (nSPS) is 19.8. The van der Waals surface area contributed by atoms with Gasteiger partial charge in [0.15, 0.2) is 5.82 Å². The maximum absolute atomic E-state index is 13.3. The highest BCUT2D eigenvalue weighted by Crippen LogP contribution is 2.34. The maximum atomic E-state index is 13.3. The predicted octanol–water partition coefficient (Wildman–Crippen LogP) is 3.67. The highest BCUT2D eigenvalue weighted by atomic mass is 19.1. The van der Waals surface area contributed by atoms with E-state index in [0.717, 1.165) is 25.7 Å². The number of anilines is 1. The molecule has 2 atom stereocenters. The van der Waals surface area contributed by atoms with Crippen molar-refractivity contribution in [3.63, 3.8) is 0 Å². The fourth-order valence-electron chi connectivity index (χ4n) is 3.24. The van der Waals surface area contributed by atoms with E-state index in [1.165, 1.54) is 12.1 Å². The van der Waals surface area contributed by atoms with Crippen molar-refractivity contribution >= 4 is 11.7 Å². The molecule has 0 spiro atoms. The van der Waals surface area contributed by atoms with Gasteiger partial charge in [-0.2, -0.15) is 5.26 Å². The average molecular weight is 326 g/mol. The Morgan fingerprint density at radius 3 is 3.12 bits per heavy atom. The summed E-state index contributed by atoms with van der Waals surface area (Å²) in [7, 11) is 0. The molecule has 124 valence electrons. The van der Waals surface area contributed by atoms with Gasteiger partial charge in [0, 0.05) is 18.0 Å². The molecule has 0 bridgehead atoms. The summed E-state index contributed by atoms with van der Waals surface area (Å²) < 4.78 is 14.9. The molecule has 1 saturated carbocycles. The lowest BCUT2D eigenvalue weighted by Crippen LogP contribution is -2.21. The molecular formula is C18H19FN4O. The Balaban J connectivity index is 1.59. The van der Waals surface area contributed by atoms with Gasteiger partial charge in [0.2, 0.25) is 5.91 Å². The summed E-state index contributed by atoms with van der Waals surface area (Å²) in [6, 6.07) is 8.35. The van der Waals surface area contributed by atoms with Crippen LogP contribution in [0.3, 0.4) is 0 Å². The van der Waals surface area contributed by atoms with Crippen molar-refractivity contribution in [1.29, 1.82) is 5.26 Å². The molecule has 1 heterocycles. The first kappa shape index (κ1) is 16.2. The highest BCUT2D eigenvalue weighted by molar-refractivity contribution is 5.91. The Bertz CT molecular complexity index is 764. The van der Waals surface area contributed by atoms with Gasteiger partial charge in [-0.15, -0.1) is 0 Å². The Morgan fingerprint density at radius 2 is 2.33 bits per heavy atom. The van der Waals surface area contributed by atoms with Crippen LogP contribution < -0.4 is 5.32 Å². The molecule has 3 rings (SSSR count). The number of hydrogen-bond donors (Lipinski definition) is 1. The molecule has 1 aliphatic carbocycles. The first-order chi connectivity index (χ1) is 11.7. The zero-order valence-electron chi connectivity index (χ0n) is 13.3. The van der Waals surface area contributed by atoms with Crippen LogP contribution in [0.4, 0.5) is 10.2 Å². The van der Waals surface area contributed by atoms with Crippen LogP contribution in [0.15, 0.2) is 36.8 Å². The number of benzene rings is 1. The molecule has 1 aromatic heterocycles. The monoisotopic (exact) mass is 326 g/mol. The van der Waals surface area contributed by atoms with Gasteiger partial charge < -0.3 is 9.88 Å². The van der Waals surface area contributed by atoms with E-state index in [2.05, 4.69) is 16.4 Å². The van der Waals surface area contributed by atoms with Crippen LogP contribution in [0.5, 0.6) is 0 Å². The van der Waals surface area contributed by atoms with Gasteiger partial charge in [-0.1, -0.05) is 6.07 Å². The molecule has 1 unspecified atom stereocenters. The minimum absolute atomic E-state index is 0.0204. The third-order valence-corrected chi connectivity index (χ3v) is 4.52. The van der Waals surface area contributed by atoms with E-state index >= 15 is 0 Å². The molecule has 1 aromatic carbocycles. The van der Waals surface area contributed by atoms with Crippen LogP contribution in [-0.4, -0.2) is 15.5 Å². The molecule has 0 saturated heterocycles. The fourth-order valence-corrected chi connectivity index (χ4v) is 3.24. The third-order valence-electron chi connectivity index (χ3n) is 4.52. The van der Waals surface area contributed by atoms with Crippen LogP contribution in [0, 0.1) is 29.0 Å². The number of carbonyl (C=O) groups excluding carboxylic acids is 1. The summed E-state index contributed by atoms with van der Waals surface area (Å²) in [5, 5.41) is 11.5. The van der Waals surface area contributed by atoms with E-state index in [1.54, 1.807) is 29.2 Å². The number of imidazole rings is 1. The summed E-state index contributed by atoms with van der Waals surface area (Å²) in [4.78, 5) is 16.5. The van der Waals surface area contributed by atoms with Gasteiger partial charge in [0.1, 0.15) is 12.1 Å². The second-order valence-electron chi connectivity index (χ2n) is 6.21. The number of carbonyl (C=O) groups is 1. The first-order valence-electron chi connectivity index (χ1n) is 8.13. The Morgan fingerprint density at radius 1 is 1.46 bits per heavy atom. The SMILES string of the molecule is N#CCCC1CC[C@H](C(=O)Nc2cn(-c3cccc(F)c3)cn2)C1. The Labute approximate surface area is 140 Å². The third kappa shape index (κ3) is 3.80. The first-order valence-corrected chi connectivity index (χ1v) is 8.13. The van der Waals surface area contributed by atoms with E-state index in [0.29, 0.717) is 23.8 Å². The molecule has 1 aliphatic rings. The highest BCUT2D eigenvalue weighted by Gasteiger charge is 2.29. The van der Waals surface area contributed by atoms with Crippen molar-refractivity contribution in [3.8, 4) is 11.8 Å². The van der Waals surface area contributed by atoms with Crippen molar-refractivity contribution in [3.05, 3.63) is 42.6 Å². The number of hydrogen-bond acceptors (Lipinski definition) is 3. The lowest BCUT2D eigenvalue weighted by molar-refractivity contribution is -0.119. The summed E-state index contributed by atoms with van der Waals surface area (Å²) in [5.74, 6) is 0.558. The second kappa shape index (κ2) is 7.26. The number of nitrogens with zero attached hydrogens (tertiary/aromatic N) is 3. The number of aromatic nitrogens is 2. The molecule has 24 heavy (non-hydrogen) atoms. The van der Waals surface area contributed by atoms with Crippen molar-refractivity contribution < 1.29 is 9.18 Å². The number of halogens is 1. The van der Waals surface area contributed by atoms with Crippen molar-refractivity contribution in [2.45, 2.75) is 32.1 Å². The van der Waals surface area contributed by atoms with E-state index in [9.17, 15) is 9.18 Å². The summed E-state index contributed by atoms with van der Waals surface area (Å²) in [6.07, 6.45) is 7.33. The van der Waals surface area contributed by atoms with E-state index < -0.39 is 0 Å². The zero-order chi connectivity index (χ0) is 16.9. The number of nitriles is 1. The average Bonchev–Trinajstić information content (AvgIpc) is 3.22. The van der Waals surface area contributed by atoms with Crippen LogP contribution in [0.2, 0.25) is 0 Å². The largest absolute Gasteiger partial charge is 0.309 e. The van der Waals surface area contributed by atoms with Gasteiger partial charge in [-0.25, -0.2) is 9.37 Å². The molecule has 6 heteroatoms. The van der Waals surface area contributed by atoms with E-state index in [-0.39, 0.29) is 17.6 Å². The molecule has 5 nitrogen and oxygen atoms in total. The van der Waals surface area contributed by atoms with E-state index in [1.807, 2.05) is 0 Å². The van der Waals surface area contributed by atoms with Gasteiger partial charge in [-0.05, 0) is 49.8 Å². The van der Waals surface area contributed by atoms with E-state index in [4.69, 9.17) is 5.26 Å². The Hall–Kier alpha value is -2.68. The molecule has 1 amide bonds. The second-order valence-corrected chi connectivity index (χ2v) is 6.21. The zero-order valence-corrected chi connectivity index (χ0v) is 13.3. The quantitative estimate of drug-likeness (QED) is 0.911. The predicted molar refractivity (Wildman–Crippen MR) is 87.8 cm³/mol. The fraction of sp³-hybridized carbons (Fsp3) is 0.389. The summed E-state index contributed by atoms with van der Waals surface area (Å²) in [5.41, 5.74) is 0.653. The standard InChI is InChI=1S/C18H19FN4O/c19-15-4-1-5-16(10-15)23-11-17(21-12-23)22-18(24)14-7-6-13(9-14)3-2-8-20/h1,4-5,10-14H,2-3,6-7,9H2,(H,22,24)/t13?,14-/m0/s1.